The van der Waals surface area contributed by atoms with Crippen LogP contribution in [0.2, 0.25) is 5.02 Å². The smallest absolute Gasteiger partial charge is 0.224 e. The van der Waals surface area contributed by atoms with Gasteiger partial charge in [0.2, 0.25) is 15.9 Å². The number of carbonyl (C=O) groups is 1. The average Bonchev–Trinajstić information content (AvgIpc) is 2.54. The second kappa shape index (κ2) is 8.52. The highest BCUT2D eigenvalue weighted by atomic mass is 35.5. The van der Waals surface area contributed by atoms with Gasteiger partial charge in [0, 0.05) is 24.2 Å². The van der Waals surface area contributed by atoms with E-state index in [0.717, 1.165) is 6.42 Å². The molecular formula is C18H27ClN2O3S. The van der Waals surface area contributed by atoms with E-state index >= 15 is 0 Å². The Morgan fingerprint density at radius 2 is 2.08 bits per heavy atom. The van der Waals surface area contributed by atoms with E-state index < -0.39 is 10.0 Å². The topological polar surface area (TPSA) is 66.5 Å². The normalized spacial score (nSPS) is 20.4. The third kappa shape index (κ3) is 5.69. The van der Waals surface area contributed by atoms with Gasteiger partial charge in [-0.15, -0.1) is 0 Å². The van der Waals surface area contributed by atoms with Gasteiger partial charge in [0.15, 0.2) is 0 Å². The number of nitrogens with zero attached hydrogens (tertiary/aromatic N) is 1. The summed E-state index contributed by atoms with van der Waals surface area (Å²) >= 11 is 5.94. The van der Waals surface area contributed by atoms with E-state index in [2.05, 4.69) is 5.32 Å². The predicted octanol–water partition coefficient (Wildman–Crippen LogP) is 3.04. The first-order chi connectivity index (χ1) is 11.7. The van der Waals surface area contributed by atoms with Crippen LogP contribution in [0.4, 0.5) is 0 Å². The molecule has 1 saturated heterocycles. The Bertz CT molecular complexity index is 706. The number of hydrogen-bond acceptors (Lipinski definition) is 3. The van der Waals surface area contributed by atoms with Crippen molar-refractivity contribution in [1.29, 1.82) is 0 Å². The number of amides is 1. The van der Waals surface area contributed by atoms with Crippen LogP contribution in [0.15, 0.2) is 24.3 Å². The number of nitrogens with one attached hydrogen (secondary N) is 1. The Hall–Kier alpha value is -1.11. The maximum Gasteiger partial charge on any atom is 0.224 e. The molecular weight excluding hydrogens is 360 g/mol. The molecule has 2 rings (SSSR count). The Morgan fingerprint density at radius 3 is 2.72 bits per heavy atom. The number of rotatable bonds is 6. The van der Waals surface area contributed by atoms with Crippen LogP contribution >= 0.6 is 11.6 Å². The lowest BCUT2D eigenvalue weighted by Crippen LogP contribution is -2.48. The first-order valence-corrected chi connectivity index (χ1v) is 10.7. The predicted molar refractivity (Wildman–Crippen MR) is 101 cm³/mol. The fourth-order valence-electron chi connectivity index (χ4n) is 2.85. The minimum Gasteiger partial charge on any atom is -0.353 e. The number of benzene rings is 1. The summed E-state index contributed by atoms with van der Waals surface area (Å²) in [5.41, 5.74) is 0.660. The van der Waals surface area contributed by atoms with E-state index in [4.69, 9.17) is 11.6 Å². The fourth-order valence-corrected chi connectivity index (χ4v) is 4.66. The van der Waals surface area contributed by atoms with Gasteiger partial charge in [-0.25, -0.2) is 12.7 Å². The van der Waals surface area contributed by atoms with Gasteiger partial charge in [-0.3, -0.25) is 4.79 Å². The SMILES string of the molecule is CC(C)[C@@H](C)NC(=O)[C@H]1CCCN(S(=O)(=O)Cc2cccc(Cl)c2)C1. The van der Waals surface area contributed by atoms with Crippen LogP contribution in [0.1, 0.15) is 39.2 Å². The molecule has 1 N–H and O–H groups in total. The first kappa shape index (κ1) is 20.2. The summed E-state index contributed by atoms with van der Waals surface area (Å²) in [6.45, 7) is 6.78. The number of hydrogen-bond donors (Lipinski definition) is 1. The Kier molecular flexibility index (Phi) is 6.88. The van der Waals surface area contributed by atoms with E-state index in [9.17, 15) is 13.2 Å². The lowest BCUT2D eigenvalue weighted by Gasteiger charge is -2.32. The Labute approximate surface area is 155 Å². The van der Waals surface area contributed by atoms with Gasteiger partial charge in [-0.05, 0) is 43.4 Å². The molecule has 1 aromatic carbocycles. The van der Waals surface area contributed by atoms with Crippen LogP contribution in [0.3, 0.4) is 0 Å². The molecule has 7 heteroatoms. The minimum atomic E-state index is -3.47. The van der Waals surface area contributed by atoms with Crippen LogP contribution in [0.5, 0.6) is 0 Å². The van der Waals surface area contributed by atoms with Crippen molar-refractivity contribution in [2.24, 2.45) is 11.8 Å². The lowest BCUT2D eigenvalue weighted by atomic mass is 9.97. The summed E-state index contributed by atoms with van der Waals surface area (Å²) in [7, 11) is -3.47. The summed E-state index contributed by atoms with van der Waals surface area (Å²) in [6.07, 6.45) is 1.42. The third-order valence-corrected chi connectivity index (χ3v) is 6.81. The van der Waals surface area contributed by atoms with Crippen molar-refractivity contribution in [2.75, 3.05) is 13.1 Å². The third-order valence-electron chi connectivity index (χ3n) is 4.76. The maximum absolute atomic E-state index is 12.7. The fraction of sp³-hybridized carbons (Fsp3) is 0.611. The summed E-state index contributed by atoms with van der Waals surface area (Å²) in [5.74, 6) is -0.0900. The van der Waals surface area contributed by atoms with Crippen molar-refractivity contribution in [1.82, 2.24) is 9.62 Å². The molecule has 1 amide bonds. The van der Waals surface area contributed by atoms with Crippen LogP contribution in [-0.2, 0) is 20.6 Å². The summed E-state index contributed by atoms with van der Waals surface area (Å²) < 4.78 is 26.9. The van der Waals surface area contributed by atoms with Gasteiger partial charge in [-0.2, -0.15) is 0 Å². The zero-order valence-electron chi connectivity index (χ0n) is 15.0. The molecule has 25 heavy (non-hydrogen) atoms. The molecule has 0 unspecified atom stereocenters. The monoisotopic (exact) mass is 386 g/mol. The van der Waals surface area contributed by atoms with Crippen LogP contribution in [0.25, 0.3) is 0 Å². The highest BCUT2D eigenvalue weighted by molar-refractivity contribution is 7.88. The Morgan fingerprint density at radius 1 is 1.36 bits per heavy atom. The second-order valence-electron chi connectivity index (χ2n) is 7.12. The molecule has 0 saturated carbocycles. The largest absolute Gasteiger partial charge is 0.353 e. The van der Waals surface area contributed by atoms with Gasteiger partial charge < -0.3 is 5.32 Å². The minimum absolute atomic E-state index is 0.0520. The van der Waals surface area contributed by atoms with E-state index in [1.54, 1.807) is 24.3 Å². The van der Waals surface area contributed by atoms with Crippen molar-refractivity contribution in [3.8, 4) is 0 Å². The molecule has 2 atom stereocenters. The zero-order chi connectivity index (χ0) is 18.6. The molecule has 140 valence electrons. The summed E-state index contributed by atoms with van der Waals surface area (Å²) in [6, 6.07) is 6.95. The molecule has 0 bridgehead atoms. The van der Waals surface area contributed by atoms with Crippen LogP contribution in [0, 0.1) is 11.8 Å². The average molecular weight is 387 g/mol. The van der Waals surface area contributed by atoms with E-state index in [0.29, 0.717) is 29.5 Å². The highest BCUT2D eigenvalue weighted by Crippen LogP contribution is 2.23. The van der Waals surface area contributed by atoms with E-state index in [1.807, 2.05) is 20.8 Å². The van der Waals surface area contributed by atoms with E-state index in [1.165, 1.54) is 4.31 Å². The molecule has 1 fully saturated rings. The van der Waals surface area contributed by atoms with Crippen molar-refractivity contribution < 1.29 is 13.2 Å². The second-order valence-corrected chi connectivity index (χ2v) is 9.53. The van der Waals surface area contributed by atoms with E-state index in [-0.39, 0.29) is 30.2 Å². The summed E-state index contributed by atoms with van der Waals surface area (Å²) in [4.78, 5) is 12.4. The number of sulfonamides is 1. The number of halogens is 1. The maximum atomic E-state index is 12.7. The van der Waals surface area contributed by atoms with Gasteiger partial charge in [-0.1, -0.05) is 37.6 Å². The van der Waals surface area contributed by atoms with Gasteiger partial charge >= 0.3 is 0 Å². The molecule has 1 heterocycles. The Balaban J connectivity index is 2.03. The van der Waals surface area contributed by atoms with Crippen molar-refractivity contribution in [3.63, 3.8) is 0 Å². The molecule has 0 aromatic heterocycles. The number of carbonyl (C=O) groups excluding carboxylic acids is 1. The first-order valence-electron chi connectivity index (χ1n) is 8.71. The van der Waals surface area contributed by atoms with Crippen LogP contribution in [-0.4, -0.2) is 37.8 Å². The zero-order valence-corrected chi connectivity index (χ0v) is 16.6. The molecule has 1 aromatic rings. The van der Waals surface area contributed by atoms with Gasteiger partial charge in [0.1, 0.15) is 0 Å². The molecule has 1 aliphatic rings. The standard InChI is InChI=1S/C18H27ClN2O3S/c1-13(2)14(3)20-18(22)16-7-5-9-21(11-16)25(23,24)12-15-6-4-8-17(19)10-15/h4,6,8,10,13-14,16H,5,7,9,11-12H2,1-3H3,(H,20,22)/t14-,16+/m1/s1. The van der Waals surface area contributed by atoms with Crippen molar-refractivity contribution >= 4 is 27.5 Å². The van der Waals surface area contributed by atoms with Crippen molar-refractivity contribution in [2.45, 2.75) is 45.4 Å². The molecule has 0 radical (unpaired) electrons. The molecule has 0 aliphatic carbocycles. The van der Waals surface area contributed by atoms with Gasteiger partial charge in [0.25, 0.3) is 0 Å². The van der Waals surface area contributed by atoms with Crippen LogP contribution < -0.4 is 5.32 Å². The highest BCUT2D eigenvalue weighted by Gasteiger charge is 2.32. The quantitative estimate of drug-likeness (QED) is 0.817. The van der Waals surface area contributed by atoms with Gasteiger partial charge in [0.05, 0.1) is 11.7 Å². The lowest BCUT2D eigenvalue weighted by molar-refractivity contribution is -0.127. The molecule has 5 nitrogen and oxygen atoms in total. The summed E-state index contributed by atoms with van der Waals surface area (Å²) in [5, 5.41) is 3.52. The molecule has 1 aliphatic heterocycles. The van der Waals surface area contributed by atoms with Crippen molar-refractivity contribution in [3.05, 3.63) is 34.9 Å². The molecule has 0 spiro atoms. The number of piperidine rings is 1.